The Morgan fingerprint density at radius 1 is 1.24 bits per heavy atom. The molecule has 0 fully saturated rings. The average Bonchev–Trinajstić information content (AvgIpc) is 2.43. The Morgan fingerprint density at radius 2 is 1.95 bits per heavy atom. The molecule has 0 aliphatic rings. The number of halogens is 2. The van der Waals surface area contributed by atoms with Gasteiger partial charge in [0.05, 0.1) is 0 Å². The zero-order valence-corrected chi connectivity index (χ0v) is 13.2. The topological polar surface area (TPSA) is 41.5 Å². The minimum absolute atomic E-state index is 0.144. The van der Waals surface area contributed by atoms with Crippen molar-refractivity contribution in [3.05, 3.63) is 58.3 Å². The Bertz CT molecular complexity index is 569. The van der Waals surface area contributed by atoms with Crippen LogP contribution in [0.5, 0.6) is 5.75 Å². The predicted molar refractivity (Wildman–Crippen MR) is 85.3 cm³/mol. The summed E-state index contributed by atoms with van der Waals surface area (Å²) in [4.78, 5) is 0. The second-order valence-corrected chi connectivity index (χ2v) is 5.73. The van der Waals surface area contributed by atoms with Crippen molar-refractivity contribution in [3.63, 3.8) is 0 Å². The fourth-order valence-electron chi connectivity index (χ4n) is 1.86. The smallest absolute Gasteiger partial charge is 0.123 e. The van der Waals surface area contributed by atoms with Crippen LogP contribution in [0.15, 0.2) is 46.9 Å². The zero-order chi connectivity index (χ0) is 15.2. The van der Waals surface area contributed by atoms with Crippen molar-refractivity contribution in [3.8, 4) is 5.75 Å². The maximum Gasteiger partial charge on any atom is 0.123 e. The molecular weight excluding hydrogens is 337 g/mol. The largest absolute Gasteiger partial charge is 0.491 e. The first-order valence-electron chi connectivity index (χ1n) is 6.60. The molecule has 0 aliphatic carbocycles. The lowest BCUT2D eigenvalue weighted by Gasteiger charge is -2.14. The van der Waals surface area contributed by atoms with E-state index >= 15 is 0 Å². The second-order valence-electron chi connectivity index (χ2n) is 4.82. The van der Waals surface area contributed by atoms with Crippen molar-refractivity contribution >= 4 is 21.6 Å². The van der Waals surface area contributed by atoms with Crippen LogP contribution < -0.4 is 10.1 Å². The summed E-state index contributed by atoms with van der Waals surface area (Å²) in [5.74, 6) is 0.225. The highest BCUT2D eigenvalue weighted by Gasteiger charge is 2.06. The Kier molecular flexibility index (Phi) is 5.59. The Labute approximate surface area is 131 Å². The lowest BCUT2D eigenvalue weighted by molar-refractivity contribution is 0.117. The molecule has 0 aliphatic heterocycles. The van der Waals surface area contributed by atoms with Gasteiger partial charge in [0.25, 0.3) is 0 Å². The van der Waals surface area contributed by atoms with Crippen molar-refractivity contribution < 1.29 is 14.2 Å². The van der Waals surface area contributed by atoms with Gasteiger partial charge in [-0.25, -0.2) is 4.39 Å². The van der Waals surface area contributed by atoms with Gasteiger partial charge in [0.15, 0.2) is 0 Å². The molecule has 2 aromatic rings. The van der Waals surface area contributed by atoms with Gasteiger partial charge in [0.1, 0.15) is 24.3 Å². The number of aliphatic hydroxyl groups excluding tert-OH is 1. The van der Waals surface area contributed by atoms with Gasteiger partial charge in [-0.15, -0.1) is 0 Å². The summed E-state index contributed by atoms with van der Waals surface area (Å²) in [5, 5.41) is 13.0. The molecule has 112 valence electrons. The minimum Gasteiger partial charge on any atom is -0.491 e. The van der Waals surface area contributed by atoms with E-state index in [1.165, 1.54) is 24.3 Å². The molecule has 1 unspecified atom stereocenters. The Hall–Kier alpha value is -1.59. The number of nitrogens with one attached hydrogen (secondary N) is 1. The number of hydrogen-bond acceptors (Lipinski definition) is 3. The lowest BCUT2D eigenvalue weighted by Crippen LogP contribution is -2.26. The average molecular weight is 354 g/mol. The van der Waals surface area contributed by atoms with Gasteiger partial charge in [-0.1, -0.05) is 15.9 Å². The molecular formula is C16H17BrFNO2. The van der Waals surface area contributed by atoms with Crippen molar-refractivity contribution in [2.45, 2.75) is 13.0 Å². The van der Waals surface area contributed by atoms with E-state index in [-0.39, 0.29) is 12.4 Å². The molecule has 0 bridgehead atoms. The SMILES string of the molecule is Cc1cc(Br)cc(NCC(O)COc2ccc(F)cc2)c1. The highest BCUT2D eigenvalue weighted by atomic mass is 79.9. The summed E-state index contributed by atoms with van der Waals surface area (Å²) in [6.45, 7) is 2.52. The molecule has 0 saturated carbocycles. The normalized spacial score (nSPS) is 12.0. The molecule has 0 heterocycles. The molecule has 0 aromatic heterocycles. The van der Waals surface area contributed by atoms with Gasteiger partial charge in [-0.3, -0.25) is 0 Å². The van der Waals surface area contributed by atoms with E-state index in [9.17, 15) is 9.50 Å². The first-order valence-corrected chi connectivity index (χ1v) is 7.40. The molecule has 1 atom stereocenters. The maximum atomic E-state index is 12.7. The van der Waals surface area contributed by atoms with Crippen molar-refractivity contribution in [1.29, 1.82) is 0 Å². The van der Waals surface area contributed by atoms with Gasteiger partial charge < -0.3 is 15.2 Å². The maximum absolute atomic E-state index is 12.7. The van der Waals surface area contributed by atoms with Gasteiger partial charge in [0.2, 0.25) is 0 Å². The molecule has 3 nitrogen and oxygen atoms in total. The molecule has 0 saturated heterocycles. The monoisotopic (exact) mass is 353 g/mol. The van der Waals surface area contributed by atoms with E-state index in [1.54, 1.807) is 0 Å². The van der Waals surface area contributed by atoms with E-state index in [0.29, 0.717) is 12.3 Å². The van der Waals surface area contributed by atoms with Crippen molar-refractivity contribution in [2.75, 3.05) is 18.5 Å². The summed E-state index contributed by atoms with van der Waals surface area (Å²) in [5.41, 5.74) is 2.06. The van der Waals surface area contributed by atoms with Crippen LogP contribution in [0, 0.1) is 12.7 Å². The molecule has 0 amide bonds. The fourth-order valence-corrected chi connectivity index (χ4v) is 2.46. The predicted octanol–water partition coefficient (Wildman–Crippen LogP) is 3.75. The number of benzene rings is 2. The van der Waals surface area contributed by atoms with E-state index in [1.807, 2.05) is 25.1 Å². The molecule has 21 heavy (non-hydrogen) atoms. The third kappa shape index (κ3) is 5.36. The van der Waals surface area contributed by atoms with Crippen molar-refractivity contribution in [2.24, 2.45) is 0 Å². The van der Waals surface area contributed by atoms with Gasteiger partial charge in [-0.05, 0) is 55.0 Å². The van der Waals surface area contributed by atoms with Crippen LogP contribution in [-0.4, -0.2) is 24.4 Å². The Balaban J connectivity index is 1.79. The molecule has 2 aromatic carbocycles. The quantitative estimate of drug-likeness (QED) is 0.830. The highest BCUT2D eigenvalue weighted by molar-refractivity contribution is 9.10. The third-order valence-electron chi connectivity index (χ3n) is 2.84. The summed E-state index contributed by atoms with van der Waals surface area (Å²) in [6.07, 6.45) is -0.658. The number of aryl methyl sites for hydroxylation is 1. The summed E-state index contributed by atoms with van der Waals surface area (Å²) >= 11 is 3.43. The van der Waals surface area contributed by atoms with Gasteiger partial charge in [-0.2, -0.15) is 0 Å². The van der Waals surface area contributed by atoms with Crippen LogP contribution in [0.25, 0.3) is 0 Å². The first-order chi connectivity index (χ1) is 10.0. The number of anilines is 1. The number of ether oxygens (including phenoxy) is 1. The minimum atomic E-state index is -0.658. The van der Waals surface area contributed by atoms with Crippen LogP contribution in [0.4, 0.5) is 10.1 Å². The third-order valence-corrected chi connectivity index (χ3v) is 3.30. The van der Waals surface area contributed by atoms with E-state index in [0.717, 1.165) is 15.7 Å². The molecule has 5 heteroatoms. The van der Waals surface area contributed by atoms with Crippen molar-refractivity contribution in [1.82, 2.24) is 0 Å². The van der Waals surface area contributed by atoms with E-state index in [4.69, 9.17) is 4.74 Å². The number of aliphatic hydroxyl groups is 1. The second kappa shape index (κ2) is 7.43. The summed E-state index contributed by atoms with van der Waals surface area (Å²) in [7, 11) is 0. The van der Waals surface area contributed by atoms with Crippen LogP contribution in [-0.2, 0) is 0 Å². The number of rotatable bonds is 6. The van der Waals surface area contributed by atoms with E-state index < -0.39 is 6.10 Å². The molecule has 2 rings (SSSR count). The molecule has 0 spiro atoms. The standard InChI is InChI=1S/C16H17BrFNO2/c1-11-6-12(17)8-14(7-11)19-9-15(20)10-21-16-4-2-13(18)3-5-16/h2-8,15,19-20H,9-10H2,1H3. The van der Waals surface area contributed by atoms with Gasteiger partial charge in [0, 0.05) is 16.7 Å². The lowest BCUT2D eigenvalue weighted by atomic mass is 10.2. The summed E-state index contributed by atoms with van der Waals surface area (Å²) < 4.78 is 19.1. The van der Waals surface area contributed by atoms with Crippen LogP contribution >= 0.6 is 15.9 Å². The van der Waals surface area contributed by atoms with Crippen LogP contribution in [0.3, 0.4) is 0 Å². The van der Waals surface area contributed by atoms with Crippen LogP contribution in [0.2, 0.25) is 0 Å². The highest BCUT2D eigenvalue weighted by Crippen LogP contribution is 2.19. The Morgan fingerprint density at radius 3 is 2.62 bits per heavy atom. The fraction of sp³-hybridized carbons (Fsp3) is 0.250. The zero-order valence-electron chi connectivity index (χ0n) is 11.6. The molecule has 0 radical (unpaired) electrons. The first kappa shape index (κ1) is 15.8. The van der Waals surface area contributed by atoms with E-state index in [2.05, 4.69) is 21.2 Å². The van der Waals surface area contributed by atoms with Crippen LogP contribution in [0.1, 0.15) is 5.56 Å². The molecule has 2 N–H and O–H groups in total. The summed E-state index contributed by atoms with van der Waals surface area (Å²) in [6, 6.07) is 11.7. The number of hydrogen-bond donors (Lipinski definition) is 2. The van der Waals surface area contributed by atoms with Gasteiger partial charge >= 0.3 is 0 Å².